The third kappa shape index (κ3) is 4.36. The quantitative estimate of drug-likeness (QED) is 0.573. The first-order valence-electron chi connectivity index (χ1n) is 10.6. The van der Waals surface area contributed by atoms with Crippen LogP contribution in [0.4, 0.5) is 36.4 Å². The molecular formula is C22H22F3N8O+. The van der Waals surface area contributed by atoms with Crippen LogP contribution < -0.4 is 19.6 Å². The summed E-state index contributed by atoms with van der Waals surface area (Å²) in [4.78, 5) is 33.1. The summed E-state index contributed by atoms with van der Waals surface area (Å²) in [7, 11) is 1.98. The van der Waals surface area contributed by atoms with Crippen molar-refractivity contribution in [1.29, 1.82) is 0 Å². The smallest absolute Gasteiger partial charge is 0.330 e. The number of nitrogens with zero attached hydrogens (tertiary/aromatic N) is 7. The van der Waals surface area contributed by atoms with Gasteiger partial charge in [-0.3, -0.25) is 4.79 Å². The molecule has 0 aliphatic carbocycles. The number of alkyl halides is 2. The fraction of sp³-hybridized carbons (Fsp3) is 0.318. The molecule has 1 N–H and O–H groups in total. The Kier molecular flexibility index (Phi) is 5.31. The second-order valence-electron chi connectivity index (χ2n) is 8.70. The van der Waals surface area contributed by atoms with E-state index >= 15 is 0 Å². The number of aromatic nitrogens is 4. The van der Waals surface area contributed by atoms with Crippen LogP contribution in [0.3, 0.4) is 0 Å². The third-order valence-electron chi connectivity index (χ3n) is 5.94. The minimum Gasteiger partial charge on any atom is -0.344 e. The molecule has 5 rings (SSSR count). The SMILES string of the molecule is C[N+]1(c2ncc(NC(=O)c3ccc(N4CC(F)(F)C4)nc3)cn2)CCN(c2cc(F)ccn2)C1. The topological polar surface area (TPSA) is 87.1 Å². The van der Waals surface area contributed by atoms with E-state index in [0.717, 1.165) is 0 Å². The van der Waals surface area contributed by atoms with Crippen LogP contribution in [-0.4, -0.2) is 71.7 Å². The van der Waals surface area contributed by atoms with Gasteiger partial charge < -0.3 is 15.1 Å². The Hall–Kier alpha value is -3.80. The van der Waals surface area contributed by atoms with Gasteiger partial charge in [-0.2, -0.15) is 9.97 Å². The van der Waals surface area contributed by atoms with Gasteiger partial charge in [0.1, 0.15) is 24.0 Å². The highest BCUT2D eigenvalue weighted by molar-refractivity contribution is 6.04. The van der Waals surface area contributed by atoms with Crippen LogP contribution in [-0.2, 0) is 0 Å². The molecule has 5 heterocycles. The van der Waals surface area contributed by atoms with Crippen LogP contribution in [0.2, 0.25) is 0 Å². The van der Waals surface area contributed by atoms with E-state index in [1.54, 1.807) is 6.07 Å². The Balaban J connectivity index is 1.21. The molecule has 34 heavy (non-hydrogen) atoms. The van der Waals surface area contributed by atoms with Gasteiger partial charge in [-0.05, 0) is 18.2 Å². The van der Waals surface area contributed by atoms with E-state index < -0.39 is 11.8 Å². The van der Waals surface area contributed by atoms with Crippen molar-refractivity contribution in [2.75, 3.05) is 55.0 Å². The van der Waals surface area contributed by atoms with Gasteiger partial charge in [-0.1, -0.05) is 0 Å². The third-order valence-corrected chi connectivity index (χ3v) is 5.94. The largest absolute Gasteiger partial charge is 0.344 e. The van der Waals surface area contributed by atoms with Crippen LogP contribution in [0.5, 0.6) is 0 Å². The van der Waals surface area contributed by atoms with Gasteiger partial charge in [0.2, 0.25) is 0 Å². The van der Waals surface area contributed by atoms with Gasteiger partial charge >= 0.3 is 5.95 Å². The van der Waals surface area contributed by atoms with E-state index in [-0.39, 0.29) is 24.5 Å². The van der Waals surface area contributed by atoms with Crippen LogP contribution in [0, 0.1) is 5.82 Å². The molecule has 1 amide bonds. The number of quaternary nitrogens is 1. The zero-order valence-electron chi connectivity index (χ0n) is 18.3. The first-order chi connectivity index (χ1) is 16.2. The highest BCUT2D eigenvalue weighted by atomic mass is 19.3. The van der Waals surface area contributed by atoms with Gasteiger partial charge in [0.25, 0.3) is 11.8 Å². The predicted octanol–water partition coefficient (Wildman–Crippen LogP) is 2.53. The molecule has 2 saturated heterocycles. The Morgan fingerprint density at radius 2 is 1.79 bits per heavy atom. The van der Waals surface area contributed by atoms with Gasteiger partial charge in [0.15, 0.2) is 6.67 Å². The molecular weight excluding hydrogens is 449 g/mol. The number of hydrogen-bond acceptors (Lipinski definition) is 7. The van der Waals surface area contributed by atoms with Crippen molar-refractivity contribution < 1.29 is 18.0 Å². The number of likely N-dealkylation sites (N-methyl/N-ethyl adjacent to an activating group) is 1. The molecule has 1 atom stereocenters. The van der Waals surface area contributed by atoms with Crippen molar-refractivity contribution in [1.82, 2.24) is 24.4 Å². The minimum atomic E-state index is -2.69. The standard InChI is InChI=1S/C22H21F3N8O/c1-33(7-6-31(14-33)19-8-16(23)4-5-26-19)21-28-10-17(11-29-21)30-20(34)15-2-3-18(27-9-15)32-12-22(24,25)13-32/h2-5,8-11H,6-7,12-14H2,1H3/p+1. The summed E-state index contributed by atoms with van der Waals surface area (Å²) >= 11 is 0. The number of nitrogens with one attached hydrogen (secondary N) is 1. The second kappa shape index (κ2) is 8.20. The maximum Gasteiger partial charge on any atom is 0.330 e. The van der Waals surface area contributed by atoms with Crippen molar-refractivity contribution in [3.63, 3.8) is 0 Å². The summed E-state index contributed by atoms with van der Waals surface area (Å²) in [5, 5.41) is 2.71. The van der Waals surface area contributed by atoms with Gasteiger partial charge in [-0.25, -0.2) is 27.6 Å². The molecule has 1 unspecified atom stereocenters. The van der Waals surface area contributed by atoms with E-state index in [0.29, 0.717) is 47.5 Å². The number of hydrogen-bond donors (Lipinski definition) is 1. The summed E-state index contributed by atoms with van der Waals surface area (Å²) in [5.41, 5.74) is 0.701. The Morgan fingerprint density at radius 3 is 2.44 bits per heavy atom. The highest BCUT2D eigenvalue weighted by Gasteiger charge is 2.44. The zero-order chi connectivity index (χ0) is 23.9. The Bertz CT molecular complexity index is 1200. The number of pyridine rings is 2. The van der Waals surface area contributed by atoms with Crippen molar-refractivity contribution in [2.45, 2.75) is 5.92 Å². The van der Waals surface area contributed by atoms with Gasteiger partial charge in [0, 0.05) is 18.5 Å². The van der Waals surface area contributed by atoms with Gasteiger partial charge in [-0.15, -0.1) is 0 Å². The fourth-order valence-corrected chi connectivity index (χ4v) is 4.03. The van der Waals surface area contributed by atoms with Crippen molar-refractivity contribution in [2.24, 2.45) is 0 Å². The van der Waals surface area contributed by atoms with E-state index in [4.69, 9.17) is 0 Å². The fourth-order valence-electron chi connectivity index (χ4n) is 4.03. The maximum atomic E-state index is 13.5. The number of rotatable bonds is 5. The molecule has 0 bridgehead atoms. The molecule has 12 heteroatoms. The molecule has 3 aromatic heterocycles. The predicted molar refractivity (Wildman–Crippen MR) is 120 cm³/mol. The molecule has 0 spiro atoms. The lowest BCUT2D eigenvalue weighted by atomic mass is 10.1. The van der Waals surface area contributed by atoms with Crippen LogP contribution in [0.15, 0.2) is 49.1 Å². The molecule has 3 aromatic rings. The van der Waals surface area contributed by atoms with Crippen LogP contribution in [0.1, 0.15) is 10.4 Å². The minimum absolute atomic E-state index is 0.289. The summed E-state index contributed by atoms with van der Waals surface area (Å²) in [6.45, 7) is 1.17. The lowest BCUT2D eigenvalue weighted by Crippen LogP contribution is -2.56. The summed E-state index contributed by atoms with van der Waals surface area (Å²) in [5.74, 6) is -1.90. The Morgan fingerprint density at radius 1 is 1.03 bits per heavy atom. The zero-order valence-corrected chi connectivity index (χ0v) is 18.3. The second-order valence-corrected chi connectivity index (χ2v) is 8.70. The molecule has 2 aliphatic heterocycles. The average molecular weight is 471 g/mol. The van der Waals surface area contributed by atoms with Gasteiger partial charge in [0.05, 0.1) is 50.3 Å². The molecule has 9 nitrogen and oxygen atoms in total. The summed E-state index contributed by atoms with van der Waals surface area (Å²) in [6.07, 6.45) is 5.84. The number of carbonyl (C=O) groups excluding carboxylic acids is 1. The normalized spacial score (nSPS) is 21.3. The lowest BCUT2D eigenvalue weighted by Gasteiger charge is -2.39. The van der Waals surface area contributed by atoms with E-state index in [1.807, 2.05) is 11.9 Å². The number of carbonyl (C=O) groups is 1. The van der Waals surface area contributed by atoms with Crippen molar-refractivity contribution in [3.8, 4) is 0 Å². The summed E-state index contributed by atoms with van der Waals surface area (Å²) < 4.78 is 40.0. The van der Waals surface area contributed by atoms with Crippen LogP contribution in [0.25, 0.3) is 0 Å². The van der Waals surface area contributed by atoms with E-state index in [2.05, 4.69) is 25.3 Å². The average Bonchev–Trinajstić information content (AvgIpc) is 3.21. The number of halogens is 3. The number of anilines is 3. The molecule has 0 aromatic carbocycles. The number of amides is 1. The molecule has 0 radical (unpaired) electrons. The van der Waals surface area contributed by atoms with Crippen LogP contribution >= 0.6 is 0 Å². The first-order valence-corrected chi connectivity index (χ1v) is 10.6. The molecule has 0 saturated carbocycles. The first kappa shape index (κ1) is 22.0. The van der Waals surface area contributed by atoms with E-state index in [1.165, 1.54) is 47.9 Å². The molecule has 2 fully saturated rings. The summed E-state index contributed by atoms with van der Waals surface area (Å²) in [6, 6.07) is 5.79. The monoisotopic (exact) mass is 471 g/mol. The molecule has 2 aliphatic rings. The lowest BCUT2D eigenvalue weighted by molar-refractivity contribution is -0.0267. The van der Waals surface area contributed by atoms with Crippen molar-refractivity contribution >= 4 is 29.2 Å². The highest BCUT2D eigenvalue weighted by Crippen LogP contribution is 2.30. The maximum absolute atomic E-state index is 13.5. The molecule has 176 valence electrons. The van der Waals surface area contributed by atoms with E-state index in [9.17, 15) is 18.0 Å². The Labute approximate surface area is 193 Å². The van der Waals surface area contributed by atoms with Crippen molar-refractivity contribution in [3.05, 3.63) is 60.4 Å².